The summed E-state index contributed by atoms with van der Waals surface area (Å²) in [6, 6.07) is 3.47. The number of fused-ring (bicyclic) bond motifs is 1. The van der Waals surface area contributed by atoms with Crippen LogP contribution in [0.2, 0.25) is 8.46 Å². The first-order valence-corrected chi connectivity index (χ1v) is 23.5. The molecule has 0 radical (unpaired) electrons. The van der Waals surface area contributed by atoms with Gasteiger partial charge >= 0.3 is 57.8 Å². The number of rotatable bonds is 11. The van der Waals surface area contributed by atoms with Gasteiger partial charge in [0.2, 0.25) is 0 Å². The Hall–Kier alpha value is -2.91. The summed E-state index contributed by atoms with van der Waals surface area (Å²) >= 11 is -0.0231. The van der Waals surface area contributed by atoms with Crippen LogP contribution in [0.1, 0.15) is 77.5 Å². The van der Waals surface area contributed by atoms with Crippen molar-refractivity contribution in [3.05, 3.63) is 41.1 Å². The molecule has 0 bridgehead atoms. The van der Waals surface area contributed by atoms with Crippen molar-refractivity contribution in [3.8, 4) is 0 Å². The number of esters is 1. The van der Waals surface area contributed by atoms with Gasteiger partial charge in [-0.15, -0.1) is 0 Å². The molecule has 1 aromatic carbocycles. The first kappa shape index (κ1) is 39.3. The number of nitrogens with zero attached hydrogens (tertiary/aromatic N) is 4. The predicted molar refractivity (Wildman–Crippen MR) is 183 cm³/mol. The second-order valence-electron chi connectivity index (χ2n) is 12.1. The summed E-state index contributed by atoms with van der Waals surface area (Å²) in [5.41, 5.74) is 5.45. The number of nitrogen functional groups attached to an aromatic ring is 1. The number of alkyl halides is 3. The van der Waals surface area contributed by atoms with E-state index in [4.69, 9.17) is 10.5 Å². The van der Waals surface area contributed by atoms with Crippen molar-refractivity contribution in [2.24, 2.45) is 10.9 Å². The molecule has 46 heavy (non-hydrogen) atoms. The Morgan fingerprint density at radius 2 is 1.89 bits per heavy atom. The molecule has 9 nitrogen and oxygen atoms in total. The molecule has 2 heterocycles. The van der Waals surface area contributed by atoms with Gasteiger partial charge in [-0.1, -0.05) is 13.8 Å². The third kappa shape index (κ3) is 11.1. The van der Waals surface area contributed by atoms with Crippen LogP contribution in [0.15, 0.2) is 29.4 Å². The Labute approximate surface area is 283 Å². The molecule has 0 fully saturated rings. The molecule has 1 unspecified atom stereocenters. The molecule has 0 aliphatic carbocycles. The summed E-state index contributed by atoms with van der Waals surface area (Å²) in [6.07, 6.45) is 0.785. The van der Waals surface area contributed by atoms with Crippen LogP contribution in [0.4, 0.5) is 40.8 Å². The molecule has 2 amide bonds. The summed E-state index contributed by atoms with van der Waals surface area (Å²) in [6.45, 7) is 13.5. The molecule has 0 spiro atoms. The van der Waals surface area contributed by atoms with Crippen molar-refractivity contribution in [1.82, 2.24) is 4.98 Å². The number of ether oxygens (including phenoxy) is 1. The van der Waals surface area contributed by atoms with Gasteiger partial charge in [0.1, 0.15) is 11.4 Å². The van der Waals surface area contributed by atoms with Crippen molar-refractivity contribution in [2.75, 3.05) is 47.5 Å². The maximum absolute atomic E-state index is 13.6. The van der Waals surface area contributed by atoms with Crippen molar-refractivity contribution in [3.63, 3.8) is 0 Å². The zero-order chi connectivity index (χ0) is 34.7. The number of nitrogens with two attached hydrogens (primary N) is 1. The van der Waals surface area contributed by atoms with E-state index in [-0.39, 0.29) is 47.4 Å². The van der Waals surface area contributed by atoms with E-state index in [1.54, 1.807) is 6.20 Å². The Morgan fingerprint density at radius 1 is 1.22 bits per heavy atom. The number of aromatic nitrogens is 1. The third-order valence-corrected chi connectivity index (χ3v) is 10.5. The number of aliphatic imine (C=N–C) groups is 1. The van der Waals surface area contributed by atoms with Gasteiger partial charge in [0.25, 0.3) is 0 Å². The van der Waals surface area contributed by atoms with Crippen molar-refractivity contribution in [2.45, 2.75) is 87.5 Å². The Bertz CT molecular complexity index is 1350. The fraction of sp³-hybridized carbons (Fsp3) is 0.576. The molecule has 1 atom stereocenters. The van der Waals surface area contributed by atoms with Crippen molar-refractivity contribution < 1.29 is 27.5 Å². The van der Waals surface area contributed by atoms with Gasteiger partial charge in [-0.25, -0.2) is 9.78 Å². The van der Waals surface area contributed by atoms with E-state index in [9.17, 15) is 22.8 Å². The maximum atomic E-state index is 13.6. The summed E-state index contributed by atoms with van der Waals surface area (Å²) in [4.78, 5) is 37.9. The van der Waals surface area contributed by atoms with Crippen LogP contribution < -0.4 is 20.9 Å². The van der Waals surface area contributed by atoms with Crippen molar-refractivity contribution in [1.29, 1.82) is 0 Å². The van der Waals surface area contributed by atoms with Crippen LogP contribution in [0.5, 0.6) is 0 Å². The summed E-state index contributed by atoms with van der Waals surface area (Å²) < 4.78 is 50.4. The molecule has 3 rings (SSSR count). The van der Waals surface area contributed by atoms with Gasteiger partial charge in [0.15, 0.2) is 0 Å². The van der Waals surface area contributed by atoms with Gasteiger partial charge in [0.05, 0.1) is 17.2 Å². The first-order valence-electron chi connectivity index (χ1n) is 15.9. The Kier molecular flexibility index (Phi) is 15.2. The van der Waals surface area contributed by atoms with Gasteiger partial charge in [0, 0.05) is 61.6 Å². The zero-order valence-electron chi connectivity index (χ0n) is 28.4. The van der Waals surface area contributed by atoms with Gasteiger partial charge < -0.3 is 20.7 Å². The Morgan fingerprint density at radius 3 is 2.43 bits per heavy atom. The molecule has 0 saturated heterocycles. The van der Waals surface area contributed by atoms with Gasteiger partial charge in [-0.05, 0) is 64.7 Å². The molecular formula is C33H49F3N6O3Tl. The number of hydrogen-bond acceptors (Lipinski definition) is 7. The number of benzene rings is 1. The normalized spacial score (nSPS) is 13.4. The summed E-state index contributed by atoms with van der Waals surface area (Å²) in [7, 11) is 1.42. The molecule has 1 aliphatic heterocycles. The van der Waals surface area contributed by atoms with E-state index in [0.29, 0.717) is 38.2 Å². The van der Waals surface area contributed by atoms with E-state index >= 15 is 0 Å². The minimum atomic E-state index is -4.71. The third-order valence-electron chi connectivity index (χ3n) is 7.35. The quantitative estimate of drug-likeness (QED) is 0.105. The average molecular weight is 839 g/mol. The number of hydrogen-bond donors (Lipinski definition) is 2. The number of halogens is 3. The monoisotopic (exact) mass is 839 g/mol. The number of anilines is 4. The molecular weight excluding hydrogens is 790 g/mol. The van der Waals surface area contributed by atoms with Crippen LogP contribution >= 0.6 is 0 Å². The number of carbonyl (C=O) groups is 2. The van der Waals surface area contributed by atoms with Crippen LogP contribution in [0, 0.1) is 5.92 Å². The second-order valence-corrected chi connectivity index (χ2v) is 18.5. The number of pyridine rings is 1. The van der Waals surface area contributed by atoms with E-state index in [0.717, 1.165) is 30.3 Å². The molecule has 3 N–H and O–H groups in total. The van der Waals surface area contributed by atoms with E-state index < -0.39 is 29.1 Å². The molecule has 253 valence electrons. The average Bonchev–Trinajstić information content (AvgIpc) is 3.42. The summed E-state index contributed by atoms with van der Waals surface area (Å²) in [5.74, 6) is -0.00836. The van der Waals surface area contributed by atoms with Gasteiger partial charge in [-0.3, -0.25) is 14.7 Å². The Balaban J connectivity index is 0.00000173. The fourth-order valence-corrected chi connectivity index (χ4v) is 4.99. The standard InChI is InChI=1S/C30H41F3N6O3.C2H5.CH3.Tl/c1-7-13-38(14-10-19(8-2)27(40)42-29(3,4)5)24-9-12-36-26-22(24)11-15-39(26)28(41)37-21-16-20(18-35-6)25(34)23(17-21)30(31,32)33;1-2;;/h9,12,16-19H,7-8,10-11,13-15,34H2,1-6H3,(H,37,41);1H2,2H3;1H3;. The van der Waals surface area contributed by atoms with Crippen LogP contribution in [-0.2, 0) is 22.1 Å². The van der Waals surface area contributed by atoms with Crippen LogP contribution in [-0.4, -0.2) is 79.7 Å². The molecule has 1 aliphatic rings. The predicted octanol–water partition coefficient (Wildman–Crippen LogP) is 7.48. The fourth-order valence-electron chi connectivity index (χ4n) is 4.99. The molecule has 0 saturated carbocycles. The van der Waals surface area contributed by atoms with E-state index in [1.165, 1.54) is 28.2 Å². The van der Waals surface area contributed by atoms with Crippen LogP contribution in [0.25, 0.3) is 0 Å². The minimum absolute atomic E-state index is 0.0231. The molecule has 1 aromatic heterocycles. The number of carbonyl (C=O) groups excluding carboxylic acids is 2. The number of amides is 2. The van der Waals surface area contributed by atoms with E-state index in [1.807, 2.05) is 33.8 Å². The number of urea groups is 1. The second kappa shape index (κ2) is 17.9. The van der Waals surface area contributed by atoms with Gasteiger partial charge in [-0.2, -0.15) is 13.2 Å². The topological polar surface area (TPSA) is 113 Å². The molecule has 2 aromatic rings. The SMILES string of the molecule is CCCN(CCC(CC)C(=O)OC(C)(C)C)c1ccnc2c1CCN2C(=O)Nc1cc(C=NC)c(N)c(C(F)(F)F)c1.C[CH2][Tl][CH3]. The molecule has 13 heteroatoms. The van der Waals surface area contributed by atoms with E-state index in [2.05, 4.69) is 38.5 Å². The number of nitrogens with one attached hydrogen (secondary N) is 1. The van der Waals surface area contributed by atoms with Crippen LogP contribution in [0.3, 0.4) is 0 Å². The first-order chi connectivity index (χ1) is 21.6. The summed E-state index contributed by atoms with van der Waals surface area (Å²) in [5, 5.41) is 2.58. The van der Waals surface area contributed by atoms with Crippen molar-refractivity contribution >= 4 is 65.3 Å². The zero-order valence-corrected chi connectivity index (χ0v) is 32.9.